The summed E-state index contributed by atoms with van der Waals surface area (Å²) in [7, 11) is 0. The van der Waals surface area contributed by atoms with E-state index in [1.54, 1.807) is 6.07 Å². The summed E-state index contributed by atoms with van der Waals surface area (Å²) in [4.78, 5) is 24.7. The van der Waals surface area contributed by atoms with Gasteiger partial charge >= 0.3 is 0 Å². The van der Waals surface area contributed by atoms with Crippen LogP contribution in [0.1, 0.15) is 31.1 Å². The second-order valence-corrected chi connectivity index (χ2v) is 6.13. The van der Waals surface area contributed by atoms with Crippen molar-refractivity contribution in [1.29, 1.82) is 0 Å². The highest BCUT2D eigenvalue weighted by molar-refractivity contribution is 8.00. The molecule has 0 saturated heterocycles. The molecule has 1 rings (SSSR count). The number of amides is 2. The van der Waals surface area contributed by atoms with E-state index in [0.717, 1.165) is 18.0 Å². The van der Waals surface area contributed by atoms with Gasteiger partial charge in [-0.05, 0) is 32.5 Å². The first-order valence-corrected chi connectivity index (χ1v) is 8.53. The Labute approximate surface area is 136 Å². The number of likely N-dealkylation sites (N-methyl/N-ethyl adjacent to an activating group) is 1. The molecule has 0 heterocycles. The molecule has 0 aliphatic carbocycles. The fourth-order valence-corrected chi connectivity index (χ4v) is 2.68. The number of nitrogens with one attached hydrogen (secondary N) is 3. The zero-order valence-electron chi connectivity index (χ0n) is 13.4. The first kappa shape index (κ1) is 18.5. The first-order valence-electron chi connectivity index (χ1n) is 7.54. The van der Waals surface area contributed by atoms with Gasteiger partial charge in [-0.15, -0.1) is 11.8 Å². The molecular formula is C16H25N3O2S. The van der Waals surface area contributed by atoms with Crippen LogP contribution < -0.4 is 16.0 Å². The number of carbonyl (C=O) groups excluding carboxylic acids is 2. The molecule has 22 heavy (non-hydrogen) atoms. The maximum absolute atomic E-state index is 12.2. The van der Waals surface area contributed by atoms with Gasteiger partial charge in [-0.1, -0.05) is 19.1 Å². The summed E-state index contributed by atoms with van der Waals surface area (Å²) >= 11 is 1.38. The van der Waals surface area contributed by atoms with Gasteiger partial charge in [-0.25, -0.2) is 0 Å². The van der Waals surface area contributed by atoms with Crippen LogP contribution >= 0.6 is 11.8 Å². The predicted octanol–water partition coefficient (Wildman–Crippen LogP) is 1.64. The predicted molar refractivity (Wildman–Crippen MR) is 91.3 cm³/mol. The van der Waals surface area contributed by atoms with E-state index in [1.807, 2.05) is 39.0 Å². The zero-order chi connectivity index (χ0) is 16.4. The van der Waals surface area contributed by atoms with Gasteiger partial charge in [-0.2, -0.15) is 0 Å². The lowest BCUT2D eigenvalue weighted by Gasteiger charge is -2.11. The molecule has 1 aromatic carbocycles. The molecule has 0 bridgehead atoms. The molecule has 0 aliphatic heterocycles. The molecule has 6 heteroatoms. The Morgan fingerprint density at radius 3 is 2.59 bits per heavy atom. The molecule has 5 nitrogen and oxygen atoms in total. The normalized spacial score (nSPS) is 10.5. The van der Waals surface area contributed by atoms with Crippen LogP contribution in [0, 0.1) is 0 Å². The highest BCUT2D eigenvalue weighted by Crippen LogP contribution is 2.22. The van der Waals surface area contributed by atoms with Crippen LogP contribution in [-0.2, 0) is 4.79 Å². The molecule has 0 aliphatic rings. The Hall–Kier alpha value is -1.53. The summed E-state index contributed by atoms with van der Waals surface area (Å²) in [5, 5.41) is 8.88. The minimum absolute atomic E-state index is 0.0256. The van der Waals surface area contributed by atoms with Crippen molar-refractivity contribution in [2.45, 2.75) is 31.7 Å². The minimum atomic E-state index is -0.106. The van der Waals surface area contributed by atoms with Crippen molar-refractivity contribution in [2.24, 2.45) is 0 Å². The Kier molecular flexibility index (Phi) is 8.62. The summed E-state index contributed by atoms with van der Waals surface area (Å²) in [5.74, 6) is 0.174. The fraction of sp³-hybridized carbons (Fsp3) is 0.500. The van der Waals surface area contributed by atoms with Gasteiger partial charge < -0.3 is 16.0 Å². The zero-order valence-corrected chi connectivity index (χ0v) is 14.3. The molecule has 0 spiro atoms. The van der Waals surface area contributed by atoms with Gasteiger partial charge in [0.2, 0.25) is 5.91 Å². The summed E-state index contributed by atoms with van der Waals surface area (Å²) in [5.41, 5.74) is 0.612. The van der Waals surface area contributed by atoms with Crippen molar-refractivity contribution in [3.8, 4) is 0 Å². The molecule has 0 fully saturated rings. The molecule has 0 radical (unpaired) electrons. The Morgan fingerprint density at radius 2 is 1.91 bits per heavy atom. The van der Waals surface area contributed by atoms with Crippen molar-refractivity contribution >= 4 is 23.6 Å². The third-order valence-corrected chi connectivity index (χ3v) is 3.85. The first-order chi connectivity index (χ1) is 10.5. The number of carbonyl (C=O) groups is 2. The Morgan fingerprint density at radius 1 is 1.18 bits per heavy atom. The van der Waals surface area contributed by atoms with E-state index in [9.17, 15) is 9.59 Å². The second-order valence-electron chi connectivity index (χ2n) is 5.12. The van der Waals surface area contributed by atoms with Crippen molar-refractivity contribution < 1.29 is 9.59 Å². The number of hydrogen-bond acceptors (Lipinski definition) is 4. The van der Waals surface area contributed by atoms with Gasteiger partial charge in [0.1, 0.15) is 0 Å². The van der Waals surface area contributed by atoms with Crippen molar-refractivity contribution in [3.05, 3.63) is 29.8 Å². The average Bonchev–Trinajstić information content (AvgIpc) is 2.49. The second kappa shape index (κ2) is 10.2. The molecular weight excluding hydrogens is 298 g/mol. The fourth-order valence-electron chi connectivity index (χ4n) is 1.82. The molecule has 0 saturated carbocycles. The number of hydrogen-bond donors (Lipinski definition) is 3. The quantitative estimate of drug-likeness (QED) is 0.477. The van der Waals surface area contributed by atoms with E-state index < -0.39 is 0 Å². The molecule has 0 unspecified atom stereocenters. The van der Waals surface area contributed by atoms with Crippen LogP contribution in [0.25, 0.3) is 0 Å². The summed E-state index contributed by atoms with van der Waals surface area (Å²) < 4.78 is 0. The highest BCUT2D eigenvalue weighted by atomic mass is 32.2. The van der Waals surface area contributed by atoms with Crippen molar-refractivity contribution in [2.75, 3.05) is 25.4 Å². The lowest BCUT2D eigenvalue weighted by molar-refractivity contribution is -0.119. The molecule has 2 amide bonds. The summed E-state index contributed by atoms with van der Waals surface area (Å²) in [6.07, 6.45) is 0. The van der Waals surface area contributed by atoms with Crippen LogP contribution in [0.2, 0.25) is 0 Å². The monoisotopic (exact) mass is 323 g/mol. The van der Waals surface area contributed by atoms with Crippen molar-refractivity contribution in [1.82, 2.24) is 16.0 Å². The van der Waals surface area contributed by atoms with Crippen LogP contribution in [0.5, 0.6) is 0 Å². The van der Waals surface area contributed by atoms with Gasteiger partial charge in [-0.3, -0.25) is 9.59 Å². The number of thioether (sulfide) groups is 1. The van der Waals surface area contributed by atoms with Crippen LogP contribution in [-0.4, -0.2) is 43.2 Å². The highest BCUT2D eigenvalue weighted by Gasteiger charge is 2.12. The van der Waals surface area contributed by atoms with E-state index in [1.165, 1.54) is 11.8 Å². The number of benzene rings is 1. The van der Waals surface area contributed by atoms with Gasteiger partial charge in [0.05, 0.1) is 11.3 Å². The maximum atomic E-state index is 12.2. The number of rotatable bonds is 9. The van der Waals surface area contributed by atoms with Gasteiger partial charge in [0.25, 0.3) is 5.91 Å². The summed E-state index contributed by atoms with van der Waals surface area (Å²) in [6, 6.07) is 7.48. The average molecular weight is 323 g/mol. The third-order valence-electron chi connectivity index (χ3n) is 2.78. The molecule has 0 atom stereocenters. The smallest absolute Gasteiger partial charge is 0.252 e. The largest absolute Gasteiger partial charge is 0.353 e. The topological polar surface area (TPSA) is 70.2 Å². The van der Waals surface area contributed by atoms with E-state index in [0.29, 0.717) is 17.9 Å². The summed E-state index contributed by atoms with van der Waals surface area (Å²) in [6.45, 7) is 8.08. The Bertz CT molecular complexity index is 492. The van der Waals surface area contributed by atoms with E-state index in [2.05, 4.69) is 16.0 Å². The molecule has 3 N–H and O–H groups in total. The lowest BCUT2D eigenvalue weighted by atomic mass is 10.2. The van der Waals surface area contributed by atoms with Crippen molar-refractivity contribution in [3.63, 3.8) is 0 Å². The standard InChI is InChI=1S/C16H25N3O2S/c1-4-17-9-10-18-16(21)13-7-5-6-8-14(13)22-11-15(20)19-12(2)3/h5-8,12,17H,4,9-11H2,1-3H3,(H,18,21)(H,19,20). The van der Waals surface area contributed by atoms with Crippen LogP contribution in [0.4, 0.5) is 0 Å². The molecule has 0 aromatic heterocycles. The van der Waals surface area contributed by atoms with Gasteiger partial charge in [0.15, 0.2) is 0 Å². The van der Waals surface area contributed by atoms with E-state index in [4.69, 9.17) is 0 Å². The van der Waals surface area contributed by atoms with E-state index >= 15 is 0 Å². The van der Waals surface area contributed by atoms with Crippen LogP contribution in [0.15, 0.2) is 29.2 Å². The van der Waals surface area contributed by atoms with E-state index in [-0.39, 0.29) is 17.9 Å². The third kappa shape index (κ3) is 6.95. The van der Waals surface area contributed by atoms with Crippen LogP contribution in [0.3, 0.4) is 0 Å². The SMILES string of the molecule is CCNCCNC(=O)c1ccccc1SCC(=O)NC(C)C. The van der Waals surface area contributed by atoms with Gasteiger partial charge in [0, 0.05) is 24.0 Å². The molecule has 1 aromatic rings. The maximum Gasteiger partial charge on any atom is 0.252 e. The lowest BCUT2D eigenvalue weighted by Crippen LogP contribution is -2.32. The minimum Gasteiger partial charge on any atom is -0.353 e. The molecule has 122 valence electrons. The Balaban J connectivity index is 2.57.